The molecule has 2 N–H and O–H groups in total. The Morgan fingerprint density at radius 2 is 1.76 bits per heavy atom. The Bertz CT molecular complexity index is 353. The summed E-state index contributed by atoms with van der Waals surface area (Å²) in [5.74, 6) is 0.250. The second-order valence-electron chi connectivity index (χ2n) is 7.64. The van der Waals surface area contributed by atoms with Crippen LogP contribution in [0.25, 0.3) is 0 Å². The van der Waals surface area contributed by atoms with E-state index in [1.54, 1.807) is 0 Å². The van der Waals surface area contributed by atoms with Gasteiger partial charge in [-0.05, 0) is 50.4 Å². The Labute approximate surface area is 129 Å². The summed E-state index contributed by atoms with van der Waals surface area (Å²) in [6.07, 6.45) is 9.35. The molecule has 0 aliphatic heterocycles. The average Bonchev–Trinajstić information content (AvgIpc) is 2.32. The van der Waals surface area contributed by atoms with Gasteiger partial charge in [-0.3, -0.25) is 4.52 Å². The van der Waals surface area contributed by atoms with E-state index in [0.717, 1.165) is 51.4 Å². The summed E-state index contributed by atoms with van der Waals surface area (Å²) >= 11 is 0. The van der Waals surface area contributed by atoms with Gasteiger partial charge in [-0.2, -0.15) is 0 Å². The molecule has 21 heavy (non-hydrogen) atoms. The van der Waals surface area contributed by atoms with Crippen LogP contribution in [0.1, 0.15) is 85.5 Å². The van der Waals surface area contributed by atoms with Gasteiger partial charge in [0.1, 0.15) is 0 Å². The first-order valence-corrected chi connectivity index (χ1v) is 9.87. The molecule has 126 valence electrons. The molecule has 4 nitrogen and oxygen atoms in total. The number of rotatable bonds is 8. The van der Waals surface area contributed by atoms with Gasteiger partial charge in [-0.25, -0.2) is 4.57 Å². The third-order valence-corrected chi connectivity index (χ3v) is 5.71. The fourth-order valence-electron chi connectivity index (χ4n) is 3.51. The van der Waals surface area contributed by atoms with Gasteiger partial charge in [-0.15, -0.1) is 0 Å². The smallest absolute Gasteiger partial charge is 0.303 e. The van der Waals surface area contributed by atoms with E-state index in [1.165, 1.54) is 6.42 Å². The molecule has 1 unspecified atom stereocenters. The van der Waals surface area contributed by atoms with Crippen LogP contribution >= 0.6 is 7.82 Å². The van der Waals surface area contributed by atoms with Gasteiger partial charge in [0, 0.05) is 0 Å². The third kappa shape index (κ3) is 6.81. The molecule has 0 aromatic carbocycles. The van der Waals surface area contributed by atoms with E-state index in [1.807, 2.05) is 6.92 Å². The first-order valence-electron chi connectivity index (χ1n) is 8.34. The van der Waals surface area contributed by atoms with Crippen molar-refractivity contribution in [1.82, 2.24) is 0 Å². The topological polar surface area (TPSA) is 66.8 Å². The van der Waals surface area contributed by atoms with Crippen molar-refractivity contribution in [3.05, 3.63) is 0 Å². The second kappa shape index (κ2) is 7.59. The zero-order valence-electron chi connectivity index (χ0n) is 14.1. The quantitative estimate of drug-likeness (QED) is 0.485. The second-order valence-corrected chi connectivity index (χ2v) is 8.81. The molecule has 1 aliphatic rings. The Kier molecular flexibility index (Phi) is 6.92. The van der Waals surface area contributed by atoms with Crippen molar-refractivity contribution >= 4 is 7.82 Å². The number of hydrogen-bond donors (Lipinski definition) is 2. The predicted molar refractivity (Wildman–Crippen MR) is 86.0 cm³/mol. The highest BCUT2D eigenvalue weighted by Crippen LogP contribution is 2.51. The summed E-state index contributed by atoms with van der Waals surface area (Å²) in [7, 11) is -4.44. The van der Waals surface area contributed by atoms with Crippen molar-refractivity contribution < 1.29 is 18.9 Å². The van der Waals surface area contributed by atoms with Crippen molar-refractivity contribution in [2.24, 2.45) is 11.3 Å². The highest BCUT2D eigenvalue weighted by Gasteiger charge is 2.42. The Morgan fingerprint density at radius 3 is 2.24 bits per heavy atom. The van der Waals surface area contributed by atoms with E-state index in [4.69, 9.17) is 4.52 Å². The lowest BCUT2D eigenvalue weighted by Gasteiger charge is -2.43. The van der Waals surface area contributed by atoms with Crippen LogP contribution in [0.2, 0.25) is 0 Å². The first kappa shape index (κ1) is 19.2. The number of hydrogen-bond acceptors (Lipinski definition) is 2. The first-order chi connectivity index (χ1) is 9.58. The highest BCUT2D eigenvalue weighted by molar-refractivity contribution is 7.46. The van der Waals surface area contributed by atoms with Crippen LogP contribution in [0.5, 0.6) is 0 Å². The summed E-state index contributed by atoms with van der Waals surface area (Å²) in [4.78, 5) is 18.6. The summed E-state index contributed by atoms with van der Waals surface area (Å²) < 4.78 is 16.7. The standard InChI is InChI=1S/C16H33O4P/c1-5-6-7-8-11-16(4,20-21(17,18)19)14-9-12-15(2,3)13-10-14/h14H,5-13H2,1-4H3,(H2,17,18,19). The van der Waals surface area contributed by atoms with Crippen molar-refractivity contribution in [3.63, 3.8) is 0 Å². The molecule has 0 radical (unpaired) electrons. The number of unbranched alkanes of at least 4 members (excludes halogenated alkanes) is 3. The van der Waals surface area contributed by atoms with Crippen LogP contribution < -0.4 is 0 Å². The van der Waals surface area contributed by atoms with E-state index < -0.39 is 13.4 Å². The van der Waals surface area contributed by atoms with Crippen molar-refractivity contribution in [1.29, 1.82) is 0 Å². The molecule has 0 spiro atoms. The molecule has 0 bridgehead atoms. The number of phosphoric acid groups is 1. The molecule has 0 aromatic heterocycles. The largest absolute Gasteiger partial charge is 0.470 e. The lowest BCUT2D eigenvalue weighted by atomic mass is 9.67. The molecular weight excluding hydrogens is 287 g/mol. The van der Waals surface area contributed by atoms with Gasteiger partial charge in [0.05, 0.1) is 5.60 Å². The normalized spacial score (nSPS) is 23.0. The summed E-state index contributed by atoms with van der Waals surface area (Å²) in [5, 5.41) is 0. The minimum Gasteiger partial charge on any atom is -0.303 e. The van der Waals surface area contributed by atoms with Gasteiger partial charge in [0.2, 0.25) is 0 Å². The van der Waals surface area contributed by atoms with E-state index in [2.05, 4.69) is 20.8 Å². The van der Waals surface area contributed by atoms with Crippen LogP contribution in [0.4, 0.5) is 0 Å². The van der Waals surface area contributed by atoms with Crippen LogP contribution in [-0.4, -0.2) is 15.4 Å². The maximum atomic E-state index is 11.4. The van der Waals surface area contributed by atoms with Crippen LogP contribution in [0.15, 0.2) is 0 Å². The van der Waals surface area contributed by atoms with Gasteiger partial charge >= 0.3 is 7.82 Å². The van der Waals surface area contributed by atoms with Crippen LogP contribution in [0, 0.1) is 11.3 Å². The molecule has 1 atom stereocenters. The molecule has 5 heteroatoms. The van der Waals surface area contributed by atoms with E-state index in [0.29, 0.717) is 5.41 Å². The van der Waals surface area contributed by atoms with Gasteiger partial charge in [0.25, 0.3) is 0 Å². The molecule has 1 rings (SSSR count). The predicted octanol–water partition coefficient (Wildman–Crippen LogP) is 5.04. The molecule has 1 aliphatic carbocycles. The molecule has 0 amide bonds. The Balaban J connectivity index is 2.69. The van der Waals surface area contributed by atoms with Gasteiger partial charge < -0.3 is 9.79 Å². The molecule has 1 saturated carbocycles. The average molecular weight is 320 g/mol. The maximum Gasteiger partial charge on any atom is 0.470 e. The van der Waals surface area contributed by atoms with Crippen molar-refractivity contribution in [3.8, 4) is 0 Å². The summed E-state index contributed by atoms with van der Waals surface area (Å²) in [6.45, 7) is 8.60. The summed E-state index contributed by atoms with van der Waals surface area (Å²) in [5.41, 5.74) is -0.342. The Hall–Kier alpha value is 0.110. The molecule has 1 fully saturated rings. The molecular formula is C16H33O4P. The summed E-state index contributed by atoms with van der Waals surface area (Å²) in [6, 6.07) is 0. The maximum absolute atomic E-state index is 11.4. The van der Waals surface area contributed by atoms with Gasteiger partial charge in [0.15, 0.2) is 0 Å². The van der Waals surface area contributed by atoms with E-state index in [9.17, 15) is 14.4 Å². The third-order valence-electron chi connectivity index (χ3n) is 5.06. The lowest BCUT2D eigenvalue weighted by Crippen LogP contribution is -2.40. The fraction of sp³-hybridized carbons (Fsp3) is 1.00. The molecule has 0 saturated heterocycles. The Morgan fingerprint density at radius 1 is 1.19 bits per heavy atom. The van der Waals surface area contributed by atoms with Crippen LogP contribution in [0.3, 0.4) is 0 Å². The zero-order valence-corrected chi connectivity index (χ0v) is 15.0. The number of phosphoric ester groups is 1. The van der Waals surface area contributed by atoms with Crippen LogP contribution in [-0.2, 0) is 9.09 Å². The monoisotopic (exact) mass is 320 g/mol. The lowest BCUT2D eigenvalue weighted by molar-refractivity contribution is -0.0350. The van der Waals surface area contributed by atoms with E-state index in [-0.39, 0.29) is 5.92 Å². The SMILES string of the molecule is CCCCCCC(C)(OP(=O)(O)O)C1CCC(C)(C)CC1. The highest BCUT2D eigenvalue weighted by atomic mass is 31.2. The minimum atomic E-state index is -4.44. The molecule has 0 aromatic rings. The molecule has 0 heterocycles. The van der Waals surface area contributed by atoms with Crippen molar-refractivity contribution in [2.75, 3.05) is 0 Å². The minimum absolute atomic E-state index is 0.250. The van der Waals surface area contributed by atoms with Gasteiger partial charge in [-0.1, -0.05) is 46.5 Å². The van der Waals surface area contributed by atoms with E-state index >= 15 is 0 Å². The fourth-order valence-corrected chi connectivity index (χ4v) is 4.29. The van der Waals surface area contributed by atoms with Crippen molar-refractivity contribution in [2.45, 2.75) is 91.1 Å². The zero-order chi connectivity index (χ0) is 16.1.